The molecule has 0 aliphatic carbocycles. The van der Waals surface area contributed by atoms with Crippen LogP contribution in [0.4, 0.5) is 0 Å². The molecule has 1 amide bonds. The number of piperidine rings is 1. The third kappa shape index (κ3) is 3.63. The number of rotatable bonds is 3. The van der Waals surface area contributed by atoms with Gasteiger partial charge in [-0.2, -0.15) is 4.31 Å². The Morgan fingerprint density at radius 1 is 1.04 bits per heavy atom. The van der Waals surface area contributed by atoms with Crippen LogP contribution in [-0.2, 0) is 10.0 Å². The zero-order valence-corrected chi connectivity index (χ0v) is 16.4. The van der Waals surface area contributed by atoms with Gasteiger partial charge in [0.15, 0.2) is 0 Å². The number of sulfonamides is 1. The normalized spacial score (nSPS) is 26.4. The summed E-state index contributed by atoms with van der Waals surface area (Å²) in [4.78, 5) is 14.9. The number of nitrogens with zero attached hydrogens (tertiary/aromatic N) is 2. The summed E-state index contributed by atoms with van der Waals surface area (Å²) in [7, 11) is -3.50. The summed E-state index contributed by atoms with van der Waals surface area (Å²) in [5, 5.41) is 3.37. The van der Waals surface area contributed by atoms with Crippen LogP contribution in [0.5, 0.6) is 0 Å². The highest BCUT2D eigenvalue weighted by Crippen LogP contribution is 2.28. The van der Waals surface area contributed by atoms with Gasteiger partial charge in [-0.15, -0.1) is 12.4 Å². The van der Waals surface area contributed by atoms with E-state index < -0.39 is 10.0 Å². The Morgan fingerprint density at radius 3 is 2.35 bits per heavy atom. The zero-order valence-electron chi connectivity index (χ0n) is 14.8. The fourth-order valence-corrected chi connectivity index (χ4v) is 5.81. The number of hydrogen-bond acceptors (Lipinski definition) is 4. The van der Waals surface area contributed by atoms with Gasteiger partial charge >= 0.3 is 0 Å². The van der Waals surface area contributed by atoms with E-state index in [1.165, 1.54) is 0 Å². The van der Waals surface area contributed by atoms with Crippen molar-refractivity contribution in [3.8, 4) is 0 Å². The second-order valence-electron chi connectivity index (χ2n) is 7.38. The average Bonchev–Trinajstić information content (AvgIpc) is 3.24. The average molecular weight is 400 g/mol. The number of hydrogen-bond donors (Lipinski definition) is 1. The summed E-state index contributed by atoms with van der Waals surface area (Å²) in [6, 6.07) is 6.56. The summed E-state index contributed by atoms with van der Waals surface area (Å²) in [5.74, 6) is 1.01. The Morgan fingerprint density at radius 2 is 1.69 bits per heavy atom. The van der Waals surface area contributed by atoms with Crippen molar-refractivity contribution in [1.82, 2.24) is 14.5 Å². The van der Waals surface area contributed by atoms with Gasteiger partial charge < -0.3 is 10.2 Å². The lowest BCUT2D eigenvalue weighted by molar-refractivity contribution is 0.0781. The highest BCUT2D eigenvalue weighted by Gasteiger charge is 2.38. The molecule has 6 nitrogen and oxygen atoms in total. The summed E-state index contributed by atoms with van der Waals surface area (Å²) in [6.45, 7) is 4.61. The van der Waals surface area contributed by atoms with E-state index in [2.05, 4.69) is 5.32 Å². The number of halogens is 1. The van der Waals surface area contributed by atoms with Crippen LogP contribution in [0, 0.1) is 11.8 Å². The van der Waals surface area contributed by atoms with Gasteiger partial charge in [0.2, 0.25) is 10.0 Å². The van der Waals surface area contributed by atoms with E-state index in [1.807, 2.05) is 4.90 Å². The van der Waals surface area contributed by atoms with Crippen LogP contribution in [0.15, 0.2) is 29.2 Å². The first kappa shape index (κ1) is 19.6. The van der Waals surface area contributed by atoms with E-state index >= 15 is 0 Å². The minimum atomic E-state index is -3.50. The standard InChI is InChI=1S/C18H25N3O3S.ClH/c22-18(20-12-15-10-19-11-16(15)13-20)14-5-4-6-17(9-14)25(23,24)21-7-2-1-3-8-21;/h4-6,9,15-16,19H,1-3,7-8,10-13H2;1H/t15-,16+;. The van der Waals surface area contributed by atoms with Crippen LogP contribution in [0.25, 0.3) is 0 Å². The lowest BCUT2D eigenvalue weighted by Crippen LogP contribution is -2.36. The predicted molar refractivity (Wildman–Crippen MR) is 102 cm³/mol. The largest absolute Gasteiger partial charge is 0.338 e. The molecule has 1 N–H and O–H groups in total. The first-order valence-electron chi connectivity index (χ1n) is 9.16. The Bertz CT molecular complexity index is 753. The third-order valence-corrected chi connectivity index (χ3v) is 7.61. The lowest BCUT2D eigenvalue weighted by Gasteiger charge is -2.26. The monoisotopic (exact) mass is 399 g/mol. The van der Waals surface area contributed by atoms with Crippen molar-refractivity contribution in [3.05, 3.63) is 29.8 Å². The Balaban J connectivity index is 0.00000196. The summed E-state index contributed by atoms with van der Waals surface area (Å²) in [5.41, 5.74) is 0.478. The highest BCUT2D eigenvalue weighted by molar-refractivity contribution is 7.89. The van der Waals surface area contributed by atoms with Crippen LogP contribution < -0.4 is 5.32 Å². The van der Waals surface area contributed by atoms with E-state index in [4.69, 9.17) is 0 Å². The van der Waals surface area contributed by atoms with Crippen molar-refractivity contribution in [2.45, 2.75) is 24.2 Å². The molecule has 3 aliphatic heterocycles. The van der Waals surface area contributed by atoms with Crippen LogP contribution in [0.3, 0.4) is 0 Å². The fraction of sp³-hybridized carbons (Fsp3) is 0.611. The van der Waals surface area contributed by atoms with Gasteiger partial charge in [0, 0.05) is 44.8 Å². The molecular weight excluding hydrogens is 374 g/mol. The summed E-state index contributed by atoms with van der Waals surface area (Å²) < 4.78 is 27.2. The number of nitrogens with one attached hydrogen (secondary N) is 1. The van der Waals surface area contributed by atoms with E-state index in [1.54, 1.807) is 28.6 Å². The van der Waals surface area contributed by atoms with Gasteiger partial charge in [0.05, 0.1) is 4.90 Å². The smallest absolute Gasteiger partial charge is 0.253 e. The molecule has 8 heteroatoms. The maximum atomic E-state index is 12.8. The van der Waals surface area contributed by atoms with E-state index in [0.29, 0.717) is 30.5 Å². The minimum absolute atomic E-state index is 0. The molecule has 3 aliphatic rings. The molecule has 3 heterocycles. The Kier molecular flexibility index (Phi) is 5.91. The molecule has 0 bridgehead atoms. The van der Waals surface area contributed by atoms with Gasteiger partial charge in [0.25, 0.3) is 5.91 Å². The van der Waals surface area contributed by atoms with Crippen molar-refractivity contribution in [2.24, 2.45) is 11.8 Å². The van der Waals surface area contributed by atoms with E-state index in [9.17, 15) is 13.2 Å². The molecule has 3 saturated heterocycles. The molecule has 144 valence electrons. The number of benzene rings is 1. The van der Waals surface area contributed by atoms with Crippen molar-refractivity contribution in [1.29, 1.82) is 0 Å². The first-order valence-corrected chi connectivity index (χ1v) is 10.6. The van der Waals surface area contributed by atoms with Crippen LogP contribution in [-0.4, -0.2) is 62.8 Å². The van der Waals surface area contributed by atoms with Gasteiger partial charge in [-0.1, -0.05) is 12.5 Å². The zero-order chi connectivity index (χ0) is 17.4. The molecule has 1 aromatic rings. The fourth-order valence-electron chi connectivity index (χ4n) is 4.25. The van der Waals surface area contributed by atoms with Crippen LogP contribution in [0.2, 0.25) is 0 Å². The number of carbonyl (C=O) groups excluding carboxylic acids is 1. The van der Waals surface area contributed by atoms with Gasteiger partial charge in [-0.25, -0.2) is 8.42 Å². The number of likely N-dealkylation sites (tertiary alicyclic amines) is 1. The lowest BCUT2D eigenvalue weighted by atomic mass is 10.0. The molecule has 0 unspecified atom stereocenters. The predicted octanol–water partition coefficient (Wildman–Crippen LogP) is 1.57. The molecule has 1 aromatic carbocycles. The molecule has 0 aromatic heterocycles. The van der Waals surface area contributed by atoms with Gasteiger partial charge in [-0.3, -0.25) is 4.79 Å². The number of amides is 1. The van der Waals surface area contributed by atoms with Crippen molar-refractivity contribution >= 4 is 28.3 Å². The highest BCUT2D eigenvalue weighted by atomic mass is 35.5. The Labute approximate surface area is 161 Å². The quantitative estimate of drug-likeness (QED) is 0.837. The second kappa shape index (κ2) is 7.84. The SMILES string of the molecule is Cl.O=C(c1cccc(S(=O)(=O)N2CCCCC2)c1)N1C[C@H]2CNC[C@H]2C1. The topological polar surface area (TPSA) is 69.7 Å². The Hall–Kier alpha value is -1.15. The number of carbonyl (C=O) groups is 1. The van der Waals surface area contributed by atoms with Crippen molar-refractivity contribution in [2.75, 3.05) is 39.3 Å². The van der Waals surface area contributed by atoms with Gasteiger partial charge in [0.1, 0.15) is 0 Å². The molecule has 26 heavy (non-hydrogen) atoms. The molecule has 3 fully saturated rings. The van der Waals surface area contributed by atoms with Crippen LogP contribution in [0.1, 0.15) is 29.6 Å². The van der Waals surface area contributed by atoms with E-state index in [0.717, 1.165) is 45.4 Å². The second-order valence-corrected chi connectivity index (χ2v) is 9.32. The summed E-state index contributed by atoms with van der Waals surface area (Å²) >= 11 is 0. The molecule has 0 spiro atoms. The minimum Gasteiger partial charge on any atom is -0.338 e. The summed E-state index contributed by atoms with van der Waals surface area (Å²) in [6.07, 6.45) is 2.89. The first-order chi connectivity index (χ1) is 12.1. The third-order valence-electron chi connectivity index (χ3n) is 5.71. The molecule has 4 rings (SSSR count). The molecule has 2 atom stereocenters. The maximum Gasteiger partial charge on any atom is 0.253 e. The van der Waals surface area contributed by atoms with Crippen LogP contribution >= 0.6 is 12.4 Å². The van der Waals surface area contributed by atoms with Crippen molar-refractivity contribution < 1.29 is 13.2 Å². The maximum absolute atomic E-state index is 12.8. The number of fused-ring (bicyclic) bond motifs is 1. The van der Waals surface area contributed by atoms with Crippen molar-refractivity contribution in [3.63, 3.8) is 0 Å². The molecular formula is C18H26ClN3O3S. The van der Waals surface area contributed by atoms with E-state index in [-0.39, 0.29) is 23.2 Å². The molecule has 0 saturated carbocycles. The molecule has 0 radical (unpaired) electrons. The van der Waals surface area contributed by atoms with Gasteiger partial charge in [-0.05, 0) is 42.9 Å².